The molecule has 2 rings (SSSR count). The maximum atomic E-state index is 9.32. The molecular formula is C18H30N2O. The third kappa shape index (κ3) is 4.72. The lowest BCUT2D eigenvalue weighted by Gasteiger charge is -2.23. The quantitative estimate of drug-likeness (QED) is 0.790. The highest BCUT2D eigenvalue weighted by molar-refractivity contribution is 5.47. The predicted octanol–water partition coefficient (Wildman–Crippen LogP) is 3.24. The van der Waals surface area contributed by atoms with Crippen LogP contribution < -0.4 is 5.32 Å². The number of hydrogen-bond donors (Lipinski definition) is 2. The van der Waals surface area contributed by atoms with E-state index in [-0.39, 0.29) is 5.41 Å². The Labute approximate surface area is 129 Å². The van der Waals surface area contributed by atoms with Crippen molar-refractivity contribution in [2.75, 3.05) is 31.6 Å². The van der Waals surface area contributed by atoms with Crippen LogP contribution in [-0.4, -0.2) is 42.3 Å². The average molecular weight is 290 g/mol. The standard InChI is InChI=1S/C18H30N2O/c1-18(2,3)15-7-4-8-16(13-15)19-10-6-12-20-11-5-9-17(20)14-21/h4,7-8,13,17,19,21H,5-6,9-12,14H2,1-3H3. The molecule has 21 heavy (non-hydrogen) atoms. The van der Waals surface area contributed by atoms with E-state index in [1.165, 1.54) is 17.7 Å². The summed E-state index contributed by atoms with van der Waals surface area (Å²) in [4.78, 5) is 2.42. The summed E-state index contributed by atoms with van der Waals surface area (Å²) < 4.78 is 0. The lowest BCUT2D eigenvalue weighted by molar-refractivity contribution is 0.158. The first-order chi connectivity index (χ1) is 10.0. The number of nitrogens with zero attached hydrogens (tertiary/aromatic N) is 1. The number of aliphatic hydroxyl groups excluding tert-OH is 1. The first kappa shape index (κ1) is 16.3. The molecule has 1 heterocycles. The van der Waals surface area contributed by atoms with E-state index in [0.29, 0.717) is 12.6 Å². The van der Waals surface area contributed by atoms with Gasteiger partial charge in [0.25, 0.3) is 0 Å². The zero-order valence-corrected chi connectivity index (χ0v) is 13.7. The normalized spacial score (nSPS) is 19.9. The highest BCUT2D eigenvalue weighted by Crippen LogP contribution is 2.24. The van der Waals surface area contributed by atoms with Gasteiger partial charge in [-0.15, -0.1) is 0 Å². The lowest BCUT2D eigenvalue weighted by Crippen LogP contribution is -2.33. The van der Waals surface area contributed by atoms with Crippen LogP contribution in [0.2, 0.25) is 0 Å². The summed E-state index contributed by atoms with van der Waals surface area (Å²) in [5.74, 6) is 0. The van der Waals surface area contributed by atoms with Gasteiger partial charge in [0.1, 0.15) is 0 Å². The summed E-state index contributed by atoms with van der Waals surface area (Å²) in [7, 11) is 0. The van der Waals surface area contributed by atoms with Gasteiger partial charge in [-0.1, -0.05) is 32.9 Å². The molecule has 3 nitrogen and oxygen atoms in total. The number of nitrogens with one attached hydrogen (secondary N) is 1. The predicted molar refractivity (Wildman–Crippen MR) is 89.9 cm³/mol. The number of hydrogen-bond acceptors (Lipinski definition) is 3. The van der Waals surface area contributed by atoms with Crippen LogP contribution in [0.1, 0.15) is 45.6 Å². The molecule has 0 spiro atoms. The van der Waals surface area contributed by atoms with Gasteiger partial charge in [0.15, 0.2) is 0 Å². The van der Waals surface area contributed by atoms with Crippen molar-refractivity contribution >= 4 is 5.69 Å². The maximum absolute atomic E-state index is 9.32. The van der Waals surface area contributed by atoms with Crippen LogP contribution in [0, 0.1) is 0 Å². The molecule has 2 N–H and O–H groups in total. The largest absolute Gasteiger partial charge is 0.395 e. The van der Waals surface area contributed by atoms with Crippen molar-refractivity contribution in [3.63, 3.8) is 0 Å². The maximum Gasteiger partial charge on any atom is 0.0586 e. The molecule has 1 aliphatic heterocycles. The fourth-order valence-corrected chi connectivity index (χ4v) is 3.01. The van der Waals surface area contributed by atoms with Gasteiger partial charge in [-0.2, -0.15) is 0 Å². The molecular weight excluding hydrogens is 260 g/mol. The van der Waals surface area contributed by atoms with Gasteiger partial charge in [-0.25, -0.2) is 0 Å². The monoisotopic (exact) mass is 290 g/mol. The van der Waals surface area contributed by atoms with E-state index in [9.17, 15) is 5.11 Å². The molecule has 1 atom stereocenters. The SMILES string of the molecule is CC(C)(C)c1cccc(NCCCN2CCCC2CO)c1. The molecule has 0 aliphatic carbocycles. The summed E-state index contributed by atoms with van der Waals surface area (Å²) in [6, 6.07) is 9.12. The first-order valence-corrected chi connectivity index (χ1v) is 8.20. The number of benzene rings is 1. The second kappa shape index (κ2) is 7.28. The third-order valence-electron chi connectivity index (χ3n) is 4.39. The minimum absolute atomic E-state index is 0.196. The highest BCUT2D eigenvalue weighted by atomic mass is 16.3. The van der Waals surface area contributed by atoms with E-state index in [0.717, 1.165) is 32.5 Å². The van der Waals surface area contributed by atoms with Gasteiger partial charge in [0.2, 0.25) is 0 Å². The molecule has 0 aromatic heterocycles. The van der Waals surface area contributed by atoms with Crippen molar-refractivity contribution < 1.29 is 5.11 Å². The highest BCUT2D eigenvalue weighted by Gasteiger charge is 2.22. The van der Waals surface area contributed by atoms with Crippen LogP contribution >= 0.6 is 0 Å². The van der Waals surface area contributed by atoms with Gasteiger partial charge in [0.05, 0.1) is 6.61 Å². The number of rotatable bonds is 6. The Hall–Kier alpha value is -1.06. The van der Waals surface area contributed by atoms with Crippen molar-refractivity contribution in [2.45, 2.75) is 51.5 Å². The lowest BCUT2D eigenvalue weighted by atomic mass is 9.87. The molecule has 1 unspecified atom stereocenters. The topological polar surface area (TPSA) is 35.5 Å². The van der Waals surface area contributed by atoms with Gasteiger partial charge in [-0.3, -0.25) is 4.90 Å². The van der Waals surface area contributed by atoms with Crippen LogP contribution in [0.3, 0.4) is 0 Å². The van der Waals surface area contributed by atoms with Crippen molar-refractivity contribution in [3.8, 4) is 0 Å². The first-order valence-electron chi connectivity index (χ1n) is 8.20. The van der Waals surface area contributed by atoms with Gasteiger partial charge < -0.3 is 10.4 Å². The second-order valence-electron chi connectivity index (χ2n) is 7.13. The summed E-state index contributed by atoms with van der Waals surface area (Å²) in [5, 5.41) is 12.8. The Morgan fingerprint density at radius 1 is 1.33 bits per heavy atom. The van der Waals surface area contributed by atoms with Crippen molar-refractivity contribution in [1.82, 2.24) is 4.90 Å². The van der Waals surface area contributed by atoms with Crippen LogP contribution in [0.15, 0.2) is 24.3 Å². The van der Waals surface area contributed by atoms with E-state index in [2.05, 4.69) is 55.3 Å². The minimum atomic E-state index is 0.196. The Kier molecular flexibility index (Phi) is 5.65. The van der Waals surface area contributed by atoms with Crippen LogP contribution in [0.5, 0.6) is 0 Å². The molecule has 0 amide bonds. The van der Waals surface area contributed by atoms with E-state index >= 15 is 0 Å². The van der Waals surface area contributed by atoms with Crippen molar-refractivity contribution in [3.05, 3.63) is 29.8 Å². The molecule has 118 valence electrons. The number of likely N-dealkylation sites (tertiary alicyclic amines) is 1. The Balaban J connectivity index is 1.76. The van der Waals surface area contributed by atoms with Crippen LogP contribution in [-0.2, 0) is 5.41 Å². The molecule has 1 fully saturated rings. The number of anilines is 1. The van der Waals surface area contributed by atoms with E-state index in [1.54, 1.807) is 0 Å². The summed E-state index contributed by atoms with van der Waals surface area (Å²) >= 11 is 0. The summed E-state index contributed by atoms with van der Waals surface area (Å²) in [6.07, 6.45) is 3.50. The molecule has 3 heteroatoms. The van der Waals surface area contributed by atoms with Crippen molar-refractivity contribution in [2.24, 2.45) is 0 Å². The second-order valence-corrected chi connectivity index (χ2v) is 7.13. The molecule has 1 aromatic rings. The van der Waals surface area contributed by atoms with E-state index in [4.69, 9.17) is 0 Å². The van der Waals surface area contributed by atoms with Crippen LogP contribution in [0.25, 0.3) is 0 Å². The Bertz CT molecular complexity index is 439. The average Bonchev–Trinajstić information content (AvgIpc) is 2.90. The Morgan fingerprint density at radius 3 is 2.86 bits per heavy atom. The fraction of sp³-hybridized carbons (Fsp3) is 0.667. The smallest absolute Gasteiger partial charge is 0.0586 e. The fourth-order valence-electron chi connectivity index (χ4n) is 3.01. The van der Waals surface area contributed by atoms with Crippen molar-refractivity contribution in [1.29, 1.82) is 0 Å². The zero-order valence-electron chi connectivity index (χ0n) is 13.7. The van der Waals surface area contributed by atoms with Gasteiger partial charge >= 0.3 is 0 Å². The van der Waals surface area contributed by atoms with Gasteiger partial charge in [0, 0.05) is 24.8 Å². The summed E-state index contributed by atoms with van der Waals surface area (Å²) in [6.45, 7) is 10.3. The molecule has 0 radical (unpaired) electrons. The molecule has 1 aliphatic rings. The molecule has 1 saturated heterocycles. The third-order valence-corrected chi connectivity index (χ3v) is 4.39. The molecule has 0 saturated carbocycles. The van der Waals surface area contributed by atoms with E-state index in [1.807, 2.05) is 0 Å². The van der Waals surface area contributed by atoms with Crippen LogP contribution in [0.4, 0.5) is 5.69 Å². The van der Waals surface area contributed by atoms with Gasteiger partial charge in [-0.05, 0) is 48.9 Å². The van der Waals surface area contributed by atoms with E-state index < -0.39 is 0 Å². The minimum Gasteiger partial charge on any atom is -0.395 e. The Morgan fingerprint density at radius 2 is 2.14 bits per heavy atom. The zero-order chi connectivity index (χ0) is 15.3. The number of aliphatic hydroxyl groups is 1. The molecule has 0 bridgehead atoms. The molecule has 1 aromatic carbocycles. The summed E-state index contributed by atoms with van der Waals surface area (Å²) in [5.41, 5.74) is 2.77.